The molecule has 0 spiro atoms. The molecule has 156 valence electrons. The number of nitrogens with one attached hydrogen (secondary N) is 1. The number of nitrogens with two attached hydrogens (primary N) is 1. The van der Waals surface area contributed by atoms with Crippen LogP contribution in [0.3, 0.4) is 0 Å². The molecule has 3 N–H and O–H groups in total. The van der Waals surface area contributed by atoms with Crippen molar-refractivity contribution in [2.75, 3.05) is 12.8 Å². The lowest BCUT2D eigenvalue weighted by Crippen LogP contribution is -2.24. The summed E-state index contributed by atoms with van der Waals surface area (Å²) in [5.41, 5.74) is 7.53. The van der Waals surface area contributed by atoms with Crippen LogP contribution >= 0.6 is 23.2 Å². The van der Waals surface area contributed by atoms with Crippen molar-refractivity contribution in [1.29, 1.82) is 0 Å². The van der Waals surface area contributed by atoms with Crippen molar-refractivity contribution >= 4 is 34.8 Å². The Bertz CT molecular complexity index is 1090. The van der Waals surface area contributed by atoms with Crippen LogP contribution < -0.4 is 20.5 Å². The fraction of sp³-hybridized carbons (Fsp3) is 0.136. The van der Waals surface area contributed by atoms with Crippen molar-refractivity contribution in [3.05, 3.63) is 81.1 Å². The van der Waals surface area contributed by atoms with Gasteiger partial charge in [0.1, 0.15) is 11.5 Å². The fourth-order valence-corrected chi connectivity index (χ4v) is 3.27. The summed E-state index contributed by atoms with van der Waals surface area (Å²) in [6.45, 7) is 1.74. The Morgan fingerprint density at radius 2 is 1.87 bits per heavy atom. The van der Waals surface area contributed by atoms with Gasteiger partial charge in [0.25, 0.3) is 5.91 Å². The molecular weight excluding hydrogens is 430 g/mol. The third-order valence-electron chi connectivity index (χ3n) is 4.36. The van der Waals surface area contributed by atoms with Crippen LogP contribution in [0.5, 0.6) is 17.2 Å². The zero-order valence-electron chi connectivity index (χ0n) is 16.3. The summed E-state index contributed by atoms with van der Waals surface area (Å²) in [6, 6.07) is 12.6. The molecule has 0 bridgehead atoms. The van der Waals surface area contributed by atoms with E-state index in [2.05, 4.69) is 5.32 Å². The Hall–Kier alpha value is -2.96. The van der Waals surface area contributed by atoms with Crippen molar-refractivity contribution in [1.82, 2.24) is 5.32 Å². The number of rotatable bonds is 6. The zero-order valence-corrected chi connectivity index (χ0v) is 17.8. The van der Waals surface area contributed by atoms with E-state index in [0.29, 0.717) is 22.0 Å². The van der Waals surface area contributed by atoms with E-state index in [4.69, 9.17) is 38.4 Å². The Morgan fingerprint density at radius 3 is 2.53 bits per heavy atom. The van der Waals surface area contributed by atoms with Crippen LogP contribution in [0.4, 0.5) is 10.1 Å². The van der Waals surface area contributed by atoms with Gasteiger partial charge in [-0.25, -0.2) is 4.39 Å². The quantitative estimate of drug-likeness (QED) is 0.470. The first-order valence-electron chi connectivity index (χ1n) is 8.92. The minimum absolute atomic E-state index is 0.0542. The van der Waals surface area contributed by atoms with Gasteiger partial charge in [-0.2, -0.15) is 0 Å². The average molecular weight is 449 g/mol. The largest absolute Gasteiger partial charge is 0.497 e. The normalized spacial score (nSPS) is 10.6. The highest BCUT2D eigenvalue weighted by atomic mass is 35.5. The number of methoxy groups -OCH3 is 1. The molecule has 0 atom stereocenters. The smallest absolute Gasteiger partial charge is 0.251 e. The maximum atomic E-state index is 15.0. The lowest BCUT2D eigenvalue weighted by molar-refractivity contribution is 0.0950. The molecule has 0 fully saturated rings. The lowest BCUT2D eigenvalue weighted by Gasteiger charge is -2.14. The van der Waals surface area contributed by atoms with Crippen LogP contribution in [0.15, 0.2) is 48.5 Å². The summed E-state index contributed by atoms with van der Waals surface area (Å²) in [7, 11) is 1.55. The minimum atomic E-state index is -0.687. The van der Waals surface area contributed by atoms with Gasteiger partial charge in [-0.1, -0.05) is 29.3 Å². The Balaban J connectivity index is 1.79. The number of halogens is 3. The summed E-state index contributed by atoms with van der Waals surface area (Å²) in [5, 5.41) is 3.13. The summed E-state index contributed by atoms with van der Waals surface area (Å²) < 4.78 is 25.7. The van der Waals surface area contributed by atoms with Gasteiger partial charge in [-0.3, -0.25) is 4.79 Å². The van der Waals surface area contributed by atoms with E-state index < -0.39 is 5.82 Å². The van der Waals surface area contributed by atoms with E-state index in [1.54, 1.807) is 38.3 Å². The number of carbonyl (C=O) groups excluding carboxylic acids is 1. The molecular formula is C22H19Cl2FN2O3. The first-order valence-corrected chi connectivity index (χ1v) is 9.67. The average Bonchev–Trinajstić information content (AvgIpc) is 2.69. The molecule has 0 aromatic heterocycles. The van der Waals surface area contributed by atoms with Crippen LogP contribution in [0, 0.1) is 12.7 Å². The predicted octanol–water partition coefficient (Wildman–Crippen LogP) is 5.75. The molecule has 30 heavy (non-hydrogen) atoms. The second kappa shape index (κ2) is 9.24. The molecule has 0 unspecified atom stereocenters. The fourth-order valence-electron chi connectivity index (χ4n) is 2.85. The number of anilines is 1. The number of carbonyl (C=O) groups is 1. The summed E-state index contributed by atoms with van der Waals surface area (Å²) in [5.74, 6) is -0.305. The molecule has 0 radical (unpaired) electrons. The van der Waals surface area contributed by atoms with Crippen molar-refractivity contribution in [3.8, 4) is 17.2 Å². The molecule has 5 nitrogen and oxygen atoms in total. The number of hydrogen-bond donors (Lipinski definition) is 2. The first kappa shape index (κ1) is 21.7. The maximum absolute atomic E-state index is 15.0. The van der Waals surface area contributed by atoms with E-state index in [1.165, 1.54) is 24.3 Å². The molecule has 0 saturated carbocycles. The van der Waals surface area contributed by atoms with Gasteiger partial charge in [0, 0.05) is 34.4 Å². The topological polar surface area (TPSA) is 73.6 Å². The number of ether oxygens (including phenoxy) is 2. The summed E-state index contributed by atoms with van der Waals surface area (Å²) in [4.78, 5) is 12.5. The number of hydrogen-bond acceptors (Lipinski definition) is 4. The molecule has 0 aliphatic rings. The standard InChI is InChI=1S/C22H19Cl2FN2O3/c1-12-7-16(29-2)4-5-18(12)22(28)27-11-13-3-6-19(24)21(20(13)25)30-17-9-14(23)8-15(26)10-17/h3-10H,11,26H2,1-2H3,(H,27,28). The van der Waals surface area contributed by atoms with Gasteiger partial charge < -0.3 is 20.5 Å². The van der Waals surface area contributed by atoms with E-state index in [1.807, 2.05) is 0 Å². The molecule has 1 amide bonds. The Labute approximate surface area is 183 Å². The lowest BCUT2D eigenvalue weighted by atomic mass is 10.1. The third-order valence-corrected chi connectivity index (χ3v) is 4.88. The number of benzene rings is 3. The zero-order chi connectivity index (χ0) is 21.8. The number of amides is 1. The van der Waals surface area contributed by atoms with Crippen LogP contribution in [-0.2, 0) is 6.54 Å². The first-order chi connectivity index (χ1) is 14.3. The summed E-state index contributed by atoms with van der Waals surface area (Å²) in [6.07, 6.45) is 0. The molecule has 8 heteroatoms. The second-order valence-corrected chi connectivity index (χ2v) is 7.38. The molecule has 3 rings (SSSR count). The Kier molecular flexibility index (Phi) is 6.70. The van der Waals surface area contributed by atoms with Crippen LogP contribution in [-0.4, -0.2) is 13.0 Å². The molecule has 3 aromatic rings. The highest BCUT2D eigenvalue weighted by Crippen LogP contribution is 2.35. The van der Waals surface area contributed by atoms with E-state index in [9.17, 15) is 4.79 Å². The summed E-state index contributed by atoms with van der Waals surface area (Å²) >= 11 is 12.1. The van der Waals surface area contributed by atoms with Crippen LogP contribution in [0.2, 0.25) is 10.0 Å². The van der Waals surface area contributed by atoms with Crippen molar-refractivity contribution in [2.45, 2.75) is 13.5 Å². The molecule has 3 aromatic carbocycles. The molecule has 0 aliphatic heterocycles. The second-order valence-electron chi connectivity index (χ2n) is 6.54. The van der Waals surface area contributed by atoms with Gasteiger partial charge in [0.2, 0.25) is 0 Å². The number of nitrogen functional groups attached to an aromatic ring is 1. The molecule has 0 saturated heterocycles. The van der Waals surface area contributed by atoms with Crippen LogP contribution in [0.25, 0.3) is 0 Å². The third kappa shape index (κ3) is 4.96. The minimum Gasteiger partial charge on any atom is -0.497 e. The van der Waals surface area contributed by atoms with Gasteiger partial charge in [-0.15, -0.1) is 0 Å². The Morgan fingerprint density at radius 1 is 1.10 bits per heavy atom. The predicted molar refractivity (Wildman–Crippen MR) is 116 cm³/mol. The van der Waals surface area contributed by atoms with E-state index >= 15 is 4.39 Å². The van der Waals surface area contributed by atoms with Gasteiger partial charge >= 0.3 is 0 Å². The monoisotopic (exact) mass is 448 g/mol. The number of aryl methyl sites for hydroxylation is 1. The maximum Gasteiger partial charge on any atom is 0.251 e. The van der Waals surface area contributed by atoms with Gasteiger partial charge in [0.15, 0.2) is 11.6 Å². The van der Waals surface area contributed by atoms with Crippen molar-refractivity contribution in [2.24, 2.45) is 0 Å². The highest BCUT2D eigenvalue weighted by Gasteiger charge is 2.17. The van der Waals surface area contributed by atoms with Crippen molar-refractivity contribution < 1.29 is 18.7 Å². The SMILES string of the molecule is COc1ccc(C(=O)NCc2ccc(Cl)c(Oc3cc(N)cc(Cl)c3)c2F)c(C)c1. The van der Waals surface area contributed by atoms with Crippen LogP contribution in [0.1, 0.15) is 21.5 Å². The molecule has 0 heterocycles. The molecule has 0 aliphatic carbocycles. The van der Waals surface area contributed by atoms with E-state index in [-0.39, 0.29) is 34.5 Å². The van der Waals surface area contributed by atoms with Crippen molar-refractivity contribution in [3.63, 3.8) is 0 Å². The highest BCUT2D eigenvalue weighted by molar-refractivity contribution is 6.32. The van der Waals surface area contributed by atoms with E-state index in [0.717, 1.165) is 5.56 Å². The van der Waals surface area contributed by atoms with Gasteiger partial charge in [-0.05, 0) is 48.9 Å². The van der Waals surface area contributed by atoms with Gasteiger partial charge in [0.05, 0.1) is 12.1 Å².